The molecule has 2 aromatic rings. The second-order valence-corrected chi connectivity index (χ2v) is 7.12. The van der Waals surface area contributed by atoms with E-state index >= 15 is 0 Å². The zero-order valence-corrected chi connectivity index (χ0v) is 14.6. The van der Waals surface area contributed by atoms with Gasteiger partial charge in [0, 0.05) is 23.9 Å². The van der Waals surface area contributed by atoms with Crippen LogP contribution in [0, 0.1) is 0 Å². The molecular formula is C14H19ClN4O2S. The molecule has 6 nitrogen and oxygen atoms in total. The summed E-state index contributed by atoms with van der Waals surface area (Å²) in [6, 6.07) is 0. The van der Waals surface area contributed by atoms with Gasteiger partial charge in [0.1, 0.15) is 0 Å². The minimum atomic E-state index is -0.466. The Labute approximate surface area is 137 Å². The molecule has 2 aromatic heterocycles. The van der Waals surface area contributed by atoms with Crippen LogP contribution in [0.4, 0.5) is 0 Å². The summed E-state index contributed by atoms with van der Waals surface area (Å²) in [5.41, 5.74) is -0.115. The molecule has 0 saturated carbocycles. The number of allylic oxidation sites excluding steroid dienone is 2. The van der Waals surface area contributed by atoms with Gasteiger partial charge in [0.2, 0.25) is 0 Å². The molecule has 2 heterocycles. The van der Waals surface area contributed by atoms with E-state index in [0.29, 0.717) is 33.1 Å². The summed E-state index contributed by atoms with van der Waals surface area (Å²) < 4.78 is 3.15. The quantitative estimate of drug-likeness (QED) is 0.847. The molecule has 1 N–H and O–H groups in total. The van der Waals surface area contributed by atoms with Crippen molar-refractivity contribution in [1.29, 1.82) is 0 Å². The molecule has 8 heteroatoms. The molecule has 0 spiro atoms. The first-order valence-electron chi connectivity index (χ1n) is 7.03. The van der Waals surface area contributed by atoms with Gasteiger partial charge >= 0.3 is 5.69 Å². The summed E-state index contributed by atoms with van der Waals surface area (Å²) in [7, 11) is 1.60. The Morgan fingerprint density at radius 2 is 2.18 bits per heavy atom. The number of H-pyrrole nitrogens is 1. The second kappa shape index (κ2) is 6.75. The molecule has 0 radical (unpaired) electrons. The van der Waals surface area contributed by atoms with Crippen LogP contribution in [0.25, 0.3) is 11.2 Å². The first-order chi connectivity index (χ1) is 10.3. The SMILES string of the molecule is CC[C@@H](C)Sc1nc2c(c(=O)[nH]c(=O)n2C)n1C/C=C(\C)Cl. The van der Waals surface area contributed by atoms with E-state index in [1.54, 1.807) is 30.3 Å². The van der Waals surface area contributed by atoms with Gasteiger partial charge in [0.25, 0.3) is 5.56 Å². The van der Waals surface area contributed by atoms with Gasteiger partial charge in [0.15, 0.2) is 16.3 Å². The van der Waals surface area contributed by atoms with Crippen LogP contribution in [0.2, 0.25) is 0 Å². The van der Waals surface area contributed by atoms with Crippen LogP contribution in [0.5, 0.6) is 0 Å². The number of aryl methyl sites for hydroxylation is 1. The molecule has 0 saturated heterocycles. The van der Waals surface area contributed by atoms with Crippen LogP contribution in [0.1, 0.15) is 27.2 Å². The topological polar surface area (TPSA) is 72.7 Å². The summed E-state index contributed by atoms with van der Waals surface area (Å²) in [5.74, 6) is 0. The first kappa shape index (κ1) is 16.9. The van der Waals surface area contributed by atoms with Crippen molar-refractivity contribution in [3.05, 3.63) is 31.9 Å². The summed E-state index contributed by atoms with van der Waals surface area (Å²) in [6.45, 7) is 6.41. The third kappa shape index (κ3) is 3.30. The van der Waals surface area contributed by atoms with Gasteiger partial charge in [-0.1, -0.05) is 43.3 Å². The molecule has 120 valence electrons. The molecule has 22 heavy (non-hydrogen) atoms. The van der Waals surface area contributed by atoms with E-state index in [1.807, 2.05) is 6.08 Å². The summed E-state index contributed by atoms with van der Waals surface area (Å²) in [4.78, 5) is 30.7. The van der Waals surface area contributed by atoms with Crippen molar-refractivity contribution in [3.8, 4) is 0 Å². The number of rotatable bonds is 5. The normalized spacial score (nSPS) is 13.8. The third-order valence-electron chi connectivity index (χ3n) is 3.41. The van der Waals surface area contributed by atoms with Gasteiger partial charge in [-0.05, 0) is 13.3 Å². The lowest BCUT2D eigenvalue weighted by Gasteiger charge is -2.09. The van der Waals surface area contributed by atoms with Crippen LogP contribution >= 0.6 is 23.4 Å². The zero-order valence-electron chi connectivity index (χ0n) is 13.0. The molecular weight excluding hydrogens is 324 g/mol. The Bertz CT molecular complexity index is 830. The number of hydrogen-bond donors (Lipinski definition) is 1. The van der Waals surface area contributed by atoms with Crippen LogP contribution in [-0.2, 0) is 13.6 Å². The first-order valence-corrected chi connectivity index (χ1v) is 8.29. The molecule has 0 aliphatic rings. The molecule has 0 bridgehead atoms. The van der Waals surface area contributed by atoms with Crippen LogP contribution in [-0.4, -0.2) is 24.4 Å². The van der Waals surface area contributed by atoms with Crippen molar-refractivity contribution in [1.82, 2.24) is 19.1 Å². The van der Waals surface area contributed by atoms with Gasteiger partial charge in [0.05, 0.1) is 0 Å². The van der Waals surface area contributed by atoms with Crippen LogP contribution in [0.15, 0.2) is 25.9 Å². The maximum Gasteiger partial charge on any atom is 0.329 e. The predicted molar refractivity (Wildman–Crippen MR) is 90.8 cm³/mol. The minimum absolute atomic E-state index is 0.354. The average Bonchev–Trinajstić information content (AvgIpc) is 2.81. The maximum atomic E-state index is 12.2. The highest BCUT2D eigenvalue weighted by molar-refractivity contribution is 7.99. The van der Waals surface area contributed by atoms with E-state index in [-0.39, 0.29) is 0 Å². The fraction of sp³-hybridized carbons (Fsp3) is 0.500. The number of hydrogen-bond acceptors (Lipinski definition) is 4. The van der Waals surface area contributed by atoms with E-state index in [1.165, 1.54) is 4.57 Å². The van der Waals surface area contributed by atoms with E-state index in [4.69, 9.17) is 11.6 Å². The fourth-order valence-corrected chi connectivity index (χ4v) is 2.98. The van der Waals surface area contributed by atoms with Gasteiger partial charge in [-0.3, -0.25) is 14.3 Å². The van der Waals surface area contributed by atoms with Crippen molar-refractivity contribution in [2.24, 2.45) is 7.05 Å². The van der Waals surface area contributed by atoms with Crippen LogP contribution < -0.4 is 11.2 Å². The molecule has 0 unspecified atom stereocenters. The monoisotopic (exact) mass is 342 g/mol. The fourth-order valence-electron chi connectivity index (χ4n) is 1.95. The van der Waals surface area contributed by atoms with Gasteiger partial charge in [-0.15, -0.1) is 0 Å². The highest BCUT2D eigenvalue weighted by Crippen LogP contribution is 2.27. The van der Waals surface area contributed by atoms with Gasteiger partial charge in [-0.25, -0.2) is 9.78 Å². The van der Waals surface area contributed by atoms with Crippen molar-refractivity contribution < 1.29 is 0 Å². The molecule has 0 fully saturated rings. The number of aromatic nitrogens is 4. The summed E-state index contributed by atoms with van der Waals surface area (Å²) in [6.07, 6.45) is 2.79. The Balaban J connectivity index is 2.72. The number of imidazole rings is 1. The number of halogens is 1. The minimum Gasteiger partial charge on any atom is -0.309 e. The molecule has 0 aromatic carbocycles. The number of nitrogens with zero attached hydrogens (tertiary/aromatic N) is 3. The number of thioether (sulfide) groups is 1. The molecule has 2 rings (SSSR count). The van der Waals surface area contributed by atoms with Gasteiger partial charge < -0.3 is 4.57 Å². The van der Waals surface area contributed by atoms with E-state index in [2.05, 4.69) is 23.8 Å². The Morgan fingerprint density at radius 3 is 2.77 bits per heavy atom. The molecule has 1 atom stereocenters. The number of fused-ring (bicyclic) bond motifs is 1. The lowest BCUT2D eigenvalue weighted by molar-refractivity contribution is 0.737. The lowest BCUT2D eigenvalue weighted by Crippen LogP contribution is -2.29. The third-order valence-corrected chi connectivity index (χ3v) is 4.82. The standard InChI is InChI=1S/C14H19ClN4O2S/c1-5-9(3)22-14-16-11-10(19(14)7-6-8(2)15)12(20)17-13(21)18(11)4/h6,9H,5,7H2,1-4H3,(H,17,20,21)/b8-6+/t9-/m1/s1. The van der Waals surface area contributed by atoms with E-state index < -0.39 is 11.2 Å². The smallest absolute Gasteiger partial charge is 0.309 e. The highest BCUT2D eigenvalue weighted by Gasteiger charge is 2.18. The number of nitrogens with one attached hydrogen (secondary N) is 1. The average molecular weight is 343 g/mol. The molecule has 0 aliphatic carbocycles. The molecule has 0 amide bonds. The Kier molecular flexibility index (Phi) is 5.18. The maximum absolute atomic E-state index is 12.2. The molecule has 0 aliphatic heterocycles. The van der Waals surface area contributed by atoms with Gasteiger partial charge in [-0.2, -0.15) is 0 Å². The summed E-state index contributed by atoms with van der Waals surface area (Å²) >= 11 is 7.49. The predicted octanol–water partition coefficient (Wildman–Crippen LogP) is 2.46. The van der Waals surface area contributed by atoms with Crippen molar-refractivity contribution in [2.75, 3.05) is 0 Å². The Hall–Kier alpha value is -1.47. The lowest BCUT2D eigenvalue weighted by atomic mass is 10.4. The van der Waals surface area contributed by atoms with Crippen molar-refractivity contribution >= 4 is 34.5 Å². The van der Waals surface area contributed by atoms with E-state index in [9.17, 15) is 9.59 Å². The Morgan fingerprint density at radius 1 is 1.50 bits per heavy atom. The van der Waals surface area contributed by atoms with E-state index in [0.717, 1.165) is 6.42 Å². The van der Waals surface area contributed by atoms with Crippen LogP contribution in [0.3, 0.4) is 0 Å². The van der Waals surface area contributed by atoms with Crippen molar-refractivity contribution in [3.63, 3.8) is 0 Å². The second-order valence-electron chi connectivity index (χ2n) is 5.12. The number of aromatic amines is 1. The van der Waals surface area contributed by atoms with Crippen molar-refractivity contribution in [2.45, 2.75) is 44.1 Å². The summed E-state index contributed by atoms with van der Waals surface area (Å²) in [5, 5.41) is 1.71. The largest absolute Gasteiger partial charge is 0.329 e. The highest BCUT2D eigenvalue weighted by atomic mass is 35.5. The zero-order chi connectivity index (χ0) is 16.4.